The molecule has 2 unspecified atom stereocenters. The number of nitrogens with zero attached hydrogens (tertiary/aromatic N) is 1. The van der Waals surface area contributed by atoms with Gasteiger partial charge in [0.05, 0.1) is 0 Å². The Morgan fingerprint density at radius 3 is 2.94 bits per heavy atom. The SMILES string of the molecule is CC1CCC(C(=O)Cc2cncc(Br)c2)C1. The van der Waals surface area contributed by atoms with E-state index in [0.717, 1.165) is 28.8 Å². The molecule has 1 aliphatic rings. The fraction of sp³-hybridized carbons (Fsp3) is 0.538. The highest BCUT2D eigenvalue weighted by Crippen LogP contribution is 2.31. The van der Waals surface area contributed by atoms with Crippen LogP contribution >= 0.6 is 15.9 Å². The molecule has 2 rings (SSSR count). The summed E-state index contributed by atoms with van der Waals surface area (Å²) in [5.41, 5.74) is 1.01. The minimum atomic E-state index is 0.286. The maximum absolute atomic E-state index is 12.0. The monoisotopic (exact) mass is 281 g/mol. The topological polar surface area (TPSA) is 30.0 Å². The Hall–Kier alpha value is -0.700. The number of carbonyl (C=O) groups excluding carboxylic acids is 1. The van der Waals surface area contributed by atoms with E-state index in [0.29, 0.717) is 12.2 Å². The van der Waals surface area contributed by atoms with Crippen LogP contribution in [0.4, 0.5) is 0 Å². The Labute approximate surface area is 105 Å². The van der Waals surface area contributed by atoms with Gasteiger partial charge >= 0.3 is 0 Å². The van der Waals surface area contributed by atoms with Gasteiger partial charge in [-0.15, -0.1) is 0 Å². The number of Topliss-reactive ketones (excluding diaryl/α,β-unsaturated/α-hetero) is 1. The number of carbonyl (C=O) groups is 1. The van der Waals surface area contributed by atoms with Crippen molar-refractivity contribution in [2.75, 3.05) is 0 Å². The lowest BCUT2D eigenvalue weighted by atomic mass is 9.96. The van der Waals surface area contributed by atoms with Crippen LogP contribution in [-0.2, 0) is 11.2 Å². The Bertz CT molecular complexity index is 391. The van der Waals surface area contributed by atoms with Crippen molar-refractivity contribution in [1.29, 1.82) is 0 Å². The minimum absolute atomic E-state index is 0.286. The quantitative estimate of drug-likeness (QED) is 0.850. The van der Waals surface area contributed by atoms with Gasteiger partial charge in [0, 0.05) is 29.2 Å². The van der Waals surface area contributed by atoms with Crippen LogP contribution in [0.3, 0.4) is 0 Å². The van der Waals surface area contributed by atoms with Gasteiger partial charge in [0.2, 0.25) is 0 Å². The average Bonchev–Trinajstić information content (AvgIpc) is 2.65. The molecule has 0 amide bonds. The van der Waals surface area contributed by atoms with Gasteiger partial charge < -0.3 is 0 Å². The van der Waals surface area contributed by atoms with Crippen molar-refractivity contribution in [1.82, 2.24) is 4.98 Å². The highest BCUT2D eigenvalue weighted by molar-refractivity contribution is 9.10. The molecule has 1 saturated carbocycles. The number of rotatable bonds is 3. The van der Waals surface area contributed by atoms with Crippen LogP contribution in [0.1, 0.15) is 31.7 Å². The number of aromatic nitrogens is 1. The fourth-order valence-electron chi connectivity index (χ4n) is 2.40. The van der Waals surface area contributed by atoms with E-state index in [1.54, 1.807) is 12.4 Å². The molecular formula is C13H16BrNO. The summed E-state index contributed by atoms with van der Waals surface area (Å²) in [4.78, 5) is 16.1. The third-order valence-corrected chi connectivity index (χ3v) is 3.72. The predicted molar refractivity (Wildman–Crippen MR) is 67.2 cm³/mol. The van der Waals surface area contributed by atoms with Crippen molar-refractivity contribution in [3.63, 3.8) is 0 Å². The Morgan fingerprint density at radius 2 is 2.31 bits per heavy atom. The maximum atomic E-state index is 12.0. The highest BCUT2D eigenvalue weighted by atomic mass is 79.9. The number of pyridine rings is 1. The molecule has 1 aromatic heterocycles. The molecule has 0 N–H and O–H groups in total. The van der Waals surface area contributed by atoms with Crippen LogP contribution in [0.25, 0.3) is 0 Å². The molecular weight excluding hydrogens is 266 g/mol. The smallest absolute Gasteiger partial charge is 0.140 e. The van der Waals surface area contributed by atoms with Crippen molar-refractivity contribution < 1.29 is 4.79 Å². The van der Waals surface area contributed by atoms with Gasteiger partial charge in [0.25, 0.3) is 0 Å². The zero-order chi connectivity index (χ0) is 11.5. The van der Waals surface area contributed by atoms with Gasteiger partial charge in [-0.25, -0.2) is 0 Å². The van der Waals surface area contributed by atoms with Crippen LogP contribution in [0.5, 0.6) is 0 Å². The summed E-state index contributed by atoms with van der Waals surface area (Å²) in [6.07, 6.45) is 7.39. The van der Waals surface area contributed by atoms with E-state index in [1.807, 2.05) is 6.07 Å². The van der Waals surface area contributed by atoms with Crippen molar-refractivity contribution >= 4 is 21.7 Å². The molecule has 2 atom stereocenters. The van der Waals surface area contributed by atoms with E-state index < -0.39 is 0 Å². The zero-order valence-corrected chi connectivity index (χ0v) is 11.0. The van der Waals surface area contributed by atoms with Crippen LogP contribution in [-0.4, -0.2) is 10.8 Å². The summed E-state index contributed by atoms with van der Waals surface area (Å²) in [5.74, 6) is 1.38. The third-order valence-electron chi connectivity index (χ3n) is 3.29. The van der Waals surface area contributed by atoms with Crippen molar-refractivity contribution in [2.45, 2.75) is 32.6 Å². The van der Waals surface area contributed by atoms with Crippen molar-refractivity contribution in [3.8, 4) is 0 Å². The molecule has 3 heteroatoms. The van der Waals surface area contributed by atoms with Crippen LogP contribution in [0.2, 0.25) is 0 Å². The van der Waals surface area contributed by atoms with Crippen molar-refractivity contribution in [2.24, 2.45) is 11.8 Å². The van der Waals surface area contributed by atoms with Gasteiger partial charge in [-0.05, 0) is 52.7 Å². The molecule has 86 valence electrons. The number of halogens is 1. The standard InChI is InChI=1S/C13H16BrNO/c1-9-2-3-11(4-9)13(16)6-10-5-12(14)8-15-7-10/h5,7-9,11H,2-4,6H2,1H3. The minimum Gasteiger partial charge on any atom is -0.299 e. The van der Waals surface area contributed by atoms with E-state index in [9.17, 15) is 4.79 Å². The van der Waals surface area contributed by atoms with Crippen LogP contribution in [0.15, 0.2) is 22.9 Å². The first-order valence-corrected chi connectivity index (χ1v) is 6.56. The molecule has 0 aromatic carbocycles. The van der Waals surface area contributed by atoms with E-state index in [2.05, 4.69) is 27.8 Å². The lowest BCUT2D eigenvalue weighted by Gasteiger charge is -2.08. The molecule has 0 bridgehead atoms. The first-order chi connectivity index (χ1) is 7.65. The zero-order valence-electron chi connectivity index (χ0n) is 9.45. The summed E-state index contributed by atoms with van der Waals surface area (Å²) in [6, 6.07) is 1.98. The summed E-state index contributed by atoms with van der Waals surface area (Å²) in [6.45, 7) is 2.23. The van der Waals surface area contributed by atoms with Crippen molar-refractivity contribution in [3.05, 3.63) is 28.5 Å². The molecule has 2 nitrogen and oxygen atoms in total. The number of ketones is 1. The second kappa shape index (κ2) is 5.09. The van der Waals surface area contributed by atoms with E-state index in [4.69, 9.17) is 0 Å². The molecule has 1 aromatic rings. The Kier molecular flexibility index (Phi) is 3.74. The van der Waals surface area contributed by atoms with Gasteiger partial charge in [-0.1, -0.05) is 6.92 Å². The van der Waals surface area contributed by atoms with E-state index in [1.165, 1.54) is 6.42 Å². The number of hydrogen-bond donors (Lipinski definition) is 0. The van der Waals surface area contributed by atoms with Gasteiger partial charge in [-0.2, -0.15) is 0 Å². The van der Waals surface area contributed by atoms with Gasteiger partial charge in [-0.3, -0.25) is 9.78 Å². The third kappa shape index (κ3) is 2.91. The molecule has 1 aliphatic carbocycles. The lowest BCUT2D eigenvalue weighted by molar-refractivity contribution is -0.122. The van der Waals surface area contributed by atoms with Crippen LogP contribution < -0.4 is 0 Å². The summed E-state index contributed by atoms with van der Waals surface area (Å²) < 4.78 is 0.942. The van der Waals surface area contributed by atoms with E-state index >= 15 is 0 Å². The fourth-order valence-corrected chi connectivity index (χ4v) is 2.81. The molecule has 1 heterocycles. The van der Waals surface area contributed by atoms with Gasteiger partial charge in [0.15, 0.2) is 0 Å². The summed E-state index contributed by atoms with van der Waals surface area (Å²) >= 11 is 3.37. The molecule has 0 spiro atoms. The first kappa shape index (κ1) is 11.8. The second-order valence-electron chi connectivity index (χ2n) is 4.77. The summed E-state index contributed by atoms with van der Waals surface area (Å²) in [5, 5.41) is 0. The van der Waals surface area contributed by atoms with Crippen LogP contribution in [0, 0.1) is 11.8 Å². The molecule has 0 saturated heterocycles. The largest absolute Gasteiger partial charge is 0.299 e. The highest BCUT2D eigenvalue weighted by Gasteiger charge is 2.26. The molecule has 0 aliphatic heterocycles. The summed E-state index contributed by atoms with van der Waals surface area (Å²) in [7, 11) is 0. The van der Waals surface area contributed by atoms with E-state index in [-0.39, 0.29) is 5.92 Å². The Morgan fingerprint density at radius 1 is 1.50 bits per heavy atom. The molecule has 0 radical (unpaired) electrons. The molecule has 1 fully saturated rings. The molecule has 16 heavy (non-hydrogen) atoms. The predicted octanol–water partition coefficient (Wildman–Crippen LogP) is 3.39. The Balaban J connectivity index is 1.97. The lowest BCUT2D eigenvalue weighted by Crippen LogP contribution is -2.14. The second-order valence-corrected chi connectivity index (χ2v) is 5.69. The van der Waals surface area contributed by atoms with Gasteiger partial charge in [0.1, 0.15) is 5.78 Å². The number of hydrogen-bond acceptors (Lipinski definition) is 2. The first-order valence-electron chi connectivity index (χ1n) is 5.77. The maximum Gasteiger partial charge on any atom is 0.140 e. The normalized spacial score (nSPS) is 24.6. The average molecular weight is 282 g/mol.